The summed E-state index contributed by atoms with van der Waals surface area (Å²) in [5.74, 6) is 2.24. The third-order valence-corrected chi connectivity index (χ3v) is 3.98. The Morgan fingerprint density at radius 2 is 1.86 bits per heavy atom. The number of nitrogens with one attached hydrogen (secondary N) is 1. The van der Waals surface area contributed by atoms with Crippen molar-refractivity contribution >= 4 is 5.82 Å². The van der Waals surface area contributed by atoms with Crippen LogP contribution >= 0.6 is 0 Å². The highest BCUT2D eigenvalue weighted by Gasteiger charge is 2.25. The number of H-pyrrole nitrogens is 1. The zero-order valence-electron chi connectivity index (χ0n) is 13.3. The molecule has 1 aliphatic rings. The second-order valence-electron chi connectivity index (χ2n) is 5.89. The Balaban J connectivity index is 1.91. The van der Waals surface area contributed by atoms with E-state index in [1.165, 1.54) is 5.69 Å². The fraction of sp³-hybridized carbons (Fsp3) is 0.471. The number of aromatic nitrogens is 2. The molecule has 0 saturated carbocycles. The largest absolute Gasteiger partial charge is 0.508 e. The van der Waals surface area contributed by atoms with E-state index >= 15 is 0 Å². The Morgan fingerprint density at radius 3 is 2.55 bits per heavy atom. The average molecular weight is 300 g/mol. The zero-order chi connectivity index (χ0) is 15.5. The molecule has 2 N–H and O–H groups in total. The van der Waals surface area contributed by atoms with Crippen LogP contribution in [-0.4, -0.2) is 39.7 Å². The van der Waals surface area contributed by atoms with Crippen LogP contribution in [0.3, 0.4) is 0 Å². The van der Waals surface area contributed by atoms with Gasteiger partial charge >= 0.3 is 0 Å². The smallest absolute Gasteiger partial charge is 0.152 e. The topological polar surface area (TPSA) is 55.4 Å². The van der Waals surface area contributed by atoms with Gasteiger partial charge in [-0.05, 0) is 43.7 Å². The Kier molecular flexibility index (Phi) is 4.34. The van der Waals surface area contributed by atoms with E-state index in [-0.39, 0.29) is 5.75 Å². The Labute approximate surface area is 131 Å². The Bertz CT molecular complexity index is 620. The van der Waals surface area contributed by atoms with E-state index < -0.39 is 0 Å². The number of aromatic amines is 1. The highest BCUT2D eigenvalue weighted by atomic mass is 16.3. The highest BCUT2D eigenvalue weighted by Crippen LogP contribution is 2.29. The molecule has 0 aliphatic carbocycles. The number of anilines is 1. The van der Waals surface area contributed by atoms with Crippen LogP contribution in [-0.2, 0) is 6.54 Å². The molecule has 0 radical (unpaired) electrons. The van der Waals surface area contributed by atoms with Crippen molar-refractivity contribution in [1.82, 2.24) is 14.9 Å². The van der Waals surface area contributed by atoms with Crippen LogP contribution < -0.4 is 4.90 Å². The van der Waals surface area contributed by atoms with Crippen molar-refractivity contribution < 1.29 is 5.11 Å². The van der Waals surface area contributed by atoms with Gasteiger partial charge in [0.2, 0.25) is 0 Å². The summed E-state index contributed by atoms with van der Waals surface area (Å²) in [6, 6.07) is 7.19. The molecular formula is C17H24N4O. The molecule has 3 rings (SSSR count). The van der Waals surface area contributed by atoms with E-state index in [0.717, 1.165) is 56.4 Å². The molecule has 5 nitrogen and oxygen atoms in total. The maximum Gasteiger partial charge on any atom is 0.152 e. The van der Waals surface area contributed by atoms with Crippen LogP contribution in [0.2, 0.25) is 0 Å². The number of benzene rings is 1. The molecule has 0 fully saturated rings. The number of fused-ring (bicyclic) bond motifs is 1. The molecule has 2 aromatic rings. The maximum atomic E-state index is 9.43. The summed E-state index contributed by atoms with van der Waals surface area (Å²) in [4.78, 5) is 13.1. The molecular weight excluding hydrogens is 276 g/mol. The lowest BCUT2D eigenvalue weighted by molar-refractivity contribution is 0.248. The molecule has 1 aromatic carbocycles. The third kappa shape index (κ3) is 2.95. The number of rotatable bonds is 5. The maximum absolute atomic E-state index is 9.43. The standard InChI is InChI=1S/C17H24N4O/c1-3-9-20-11-15-17(21(12-20)10-4-2)19-16(18-15)13-5-7-14(22)8-6-13/h5-8,22H,3-4,9-12H2,1-2H3,(H,18,19). The lowest BCUT2D eigenvalue weighted by Gasteiger charge is -2.35. The third-order valence-electron chi connectivity index (χ3n) is 3.98. The van der Waals surface area contributed by atoms with Crippen molar-refractivity contribution in [3.8, 4) is 17.1 Å². The summed E-state index contributed by atoms with van der Waals surface area (Å²) < 4.78 is 0. The number of hydrogen-bond donors (Lipinski definition) is 2. The van der Waals surface area contributed by atoms with Crippen LogP contribution in [0.15, 0.2) is 24.3 Å². The number of aromatic hydroxyl groups is 1. The van der Waals surface area contributed by atoms with E-state index in [4.69, 9.17) is 4.98 Å². The van der Waals surface area contributed by atoms with Crippen LogP contribution in [0.4, 0.5) is 5.82 Å². The van der Waals surface area contributed by atoms with E-state index in [1.807, 2.05) is 12.1 Å². The lowest BCUT2D eigenvalue weighted by atomic mass is 10.2. The minimum Gasteiger partial charge on any atom is -0.508 e. The summed E-state index contributed by atoms with van der Waals surface area (Å²) in [6.45, 7) is 8.42. The van der Waals surface area contributed by atoms with Crippen LogP contribution in [0.25, 0.3) is 11.4 Å². The van der Waals surface area contributed by atoms with Gasteiger partial charge in [-0.15, -0.1) is 0 Å². The van der Waals surface area contributed by atoms with Gasteiger partial charge in [-0.2, -0.15) is 0 Å². The second-order valence-corrected chi connectivity index (χ2v) is 5.89. The molecule has 118 valence electrons. The van der Waals surface area contributed by atoms with Crippen LogP contribution in [0, 0.1) is 0 Å². The van der Waals surface area contributed by atoms with Gasteiger partial charge < -0.3 is 15.0 Å². The summed E-state index contributed by atoms with van der Waals surface area (Å²) in [7, 11) is 0. The molecule has 2 heterocycles. The summed E-state index contributed by atoms with van der Waals surface area (Å²) in [5.41, 5.74) is 2.20. The van der Waals surface area contributed by atoms with E-state index in [0.29, 0.717) is 0 Å². The van der Waals surface area contributed by atoms with Gasteiger partial charge in [-0.3, -0.25) is 4.90 Å². The molecule has 0 spiro atoms. The molecule has 1 aliphatic heterocycles. The molecule has 1 aromatic heterocycles. The quantitative estimate of drug-likeness (QED) is 0.890. The number of nitrogens with zero attached hydrogens (tertiary/aromatic N) is 3. The van der Waals surface area contributed by atoms with Gasteiger partial charge in [-0.25, -0.2) is 4.98 Å². The summed E-state index contributed by atoms with van der Waals surface area (Å²) >= 11 is 0. The number of phenols is 1. The first-order valence-corrected chi connectivity index (χ1v) is 8.06. The van der Waals surface area contributed by atoms with Crippen LogP contribution in [0.5, 0.6) is 5.75 Å². The monoisotopic (exact) mass is 300 g/mol. The first-order chi connectivity index (χ1) is 10.7. The molecule has 0 bridgehead atoms. The Morgan fingerprint density at radius 1 is 1.14 bits per heavy atom. The minimum atomic E-state index is 0.279. The molecule has 0 atom stereocenters. The first-order valence-electron chi connectivity index (χ1n) is 8.06. The van der Waals surface area contributed by atoms with Crippen molar-refractivity contribution in [2.24, 2.45) is 0 Å². The Hall–Kier alpha value is -2.01. The first kappa shape index (κ1) is 14.9. The average Bonchev–Trinajstić information content (AvgIpc) is 2.93. The van der Waals surface area contributed by atoms with Gasteiger partial charge in [0.05, 0.1) is 12.4 Å². The summed E-state index contributed by atoms with van der Waals surface area (Å²) in [6.07, 6.45) is 2.27. The van der Waals surface area contributed by atoms with E-state index in [9.17, 15) is 5.11 Å². The zero-order valence-corrected chi connectivity index (χ0v) is 13.3. The fourth-order valence-corrected chi connectivity index (χ4v) is 3.02. The normalized spacial score (nSPS) is 15.1. The lowest BCUT2D eigenvalue weighted by Crippen LogP contribution is -2.43. The number of phenolic OH excluding ortho intramolecular Hbond substituents is 1. The van der Waals surface area contributed by atoms with Crippen molar-refractivity contribution in [2.45, 2.75) is 33.2 Å². The molecule has 0 saturated heterocycles. The van der Waals surface area contributed by atoms with Gasteiger partial charge in [0.1, 0.15) is 11.6 Å². The van der Waals surface area contributed by atoms with E-state index in [2.05, 4.69) is 28.6 Å². The highest BCUT2D eigenvalue weighted by molar-refractivity contribution is 5.62. The number of imidazole rings is 1. The SMILES string of the molecule is CCCN1Cc2[nH]c(-c3ccc(O)cc3)nc2N(CCC)C1. The van der Waals surface area contributed by atoms with Crippen molar-refractivity contribution in [3.63, 3.8) is 0 Å². The number of hydrogen-bond acceptors (Lipinski definition) is 4. The summed E-state index contributed by atoms with van der Waals surface area (Å²) in [5, 5.41) is 9.43. The molecule has 22 heavy (non-hydrogen) atoms. The minimum absolute atomic E-state index is 0.279. The predicted octanol–water partition coefficient (Wildman–Crippen LogP) is 3.18. The van der Waals surface area contributed by atoms with Crippen LogP contribution in [0.1, 0.15) is 32.4 Å². The van der Waals surface area contributed by atoms with Gasteiger partial charge in [0.15, 0.2) is 5.82 Å². The van der Waals surface area contributed by atoms with Crippen molar-refractivity contribution in [3.05, 3.63) is 30.0 Å². The second kappa shape index (κ2) is 6.40. The van der Waals surface area contributed by atoms with Crippen molar-refractivity contribution in [2.75, 3.05) is 24.7 Å². The molecule has 0 amide bonds. The predicted molar refractivity (Wildman–Crippen MR) is 88.9 cm³/mol. The van der Waals surface area contributed by atoms with Gasteiger partial charge in [-0.1, -0.05) is 13.8 Å². The van der Waals surface area contributed by atoms with Crippen molar-refractivity contribution in [1.29, 1.82) is 0 Å². The fourth-order valence-electron chi connectivity index (χ4n) is 3.02. The van der Waals surface area contributed by atoms with Gasteiger partial charge in [0, 0.05) is 18.7 Å². The van der Waals surface area contributed by atoms with E-state index in [1.54, 1.807) is 12.1 Å². The molecule has 0 unspecified atom stereocenters. The van der Waals surface area contributed by atoms with Gasteiger partial charge in [0.25, 0.3) is 0 Å². The molecule has 5 heteroatoms.